The Morgan fingerprint density at radius 3 is 2.26 bits per heavy atom. The molecule has 2 aromatic carbocycles. The van der Waals surface area contributed by atoms with E-state index in [-0.39, 0.29) is 12.5 Å². The van der Waals surface area contributed by atoms with Gasteiger partial charge >= 0.3 is 0 Å². The number of nitrogens with zero attached hydrogens (tertiary/aromatic N) is 2. The predicted molar refractivity (Wildman–Crippen MR) is 96.2 cm³/mol. The molecule has 0 spiro atoms. The molecule has 0 N–H and O–H groups in total. The SMILES string of the molecule is CCOc1ccc(N2CC(=O)N(c3ccc(C)cc3)C2=S)cc1. The molecule has 1 saturated heterocycles. The number of amides is 1. The Morgan fingerprint density at radius 1 is 1.04 bits per heavy atom. The Bertz CT molecular complexity index is 726. The monoisotopic (exact) mass is 326 g/mol. The van der Waals surface area contributed by atoms with E-state index in [0.717, 1.165) is 22.7 Å². The van der Waals surface area contributed by atoms with Crippen LogP contribution in [0.3, 0.4) is 0 Å². The van der Waals surface area contributed by atoms with Crippen LogP contribution < -0.4 is 14.5 Å². The largest absolute Gasteiger partial charge is 0.494 e. The molecule has 0 atom stereocenters. The van der Waals surface area contributed by atoms with Gasteiger partial charge in [-0.15, -0.1) is 0 Å². The summed E-state index contributed by atoms with van der Waals surface area (Å²) >= 11 is 5.52. The number of ether oxygens (including phenoxy) is 1. The molecule has 0 aliphatic carbocycles. The van der Waals surface area contributed by atoms with Gasteiger partial charge in [0, 0.05) is 5.69 Å². The molecule has 0 aromatic heterocycles. The highest BCUT2D eigenvalue weighted by Gasteiger charge is 2.34. The smallest absolute Gasteiger partial charge is 0.253 e. The van der Waals surface area contributed by atoms with Crippen molar-refractivity contribution in [2.75, 3.05) is 23.0 Å². The summed E-state index contributed by atoms with van der Waals surface area (Å²) in [6, 6.07) is 15.4. The maximum Gasteiger partial charge on any atom is 0.253 e. The molecular weight excluding hydrogens is 308 g/mol. The van der Waals surface area contributed by atoms with E-state index >= 15 is 0 Å². The van der Waals surface area contributed by atoms with Crippen molar-refractivity contribution in [2.24, 2.45) is 0 Å². The average molecular weight is 326 g/mol. The molecule has 23 heavy (non-hydrogen) atoms. The lowest BCUT2D eigenvalue weighted by atomic mass is 10.2. The van der Waals surface area contributed by atoms with E-state index < -0.39 is 0 Å². The molecular formula is C18H18N2O2S. The van der Waals surface area contributed by atoms with Crippen molar-refractivity contribution < 1.29 is 9.53 Å². The third-order valence-corrected chi connectivity index (χ3v) is 4.12. The summed E-state index contributed by atoms with van der Waals surface area (Å²) in [5.74, 6) is 0.788. The van der Waals surface area contributed by atoms with Crippen LogP contribution in [0, 0.1) is 6.92 Å². The molecule has 5 heteroatoms. The highest BCUT2D eigenvalue weighted by atomic mass is 32.1. The van der Waals surface area contributed by atoms with Crippen LogP contribution in [0.15, 0.2) is 48.5 Å². The first-order valence-corrected chi connectivity index (χ1v) is 7.95. The van der Waals surface area contributed by atoms with Gasteiger partial charge in [-0.3, -0.25) is 9.69 Å². The molecule has 0 bridgehead atoms. The van der Waals surface area contributed by atoms with Gasteiger partial charge in [0.05, 0.1) is 12.3 Å². The first-order valence-electron chi connectivity index (χ1n) is 7.54. The summed E-state index contributed by atoms with van der Waals surface area (Å²) in [5, 5.41) is 0.503. The molecule has 1 fully saturated rings. The number of hydrogen-bond acceptors (Lipinski definition) is 3. The minimum atomic E-state index is -0.0206. The van der Waals surface area contributed by atoms with Crippen molar-refractivity contribution in [1.82, 2.24) is 0 Å². The van der Waals surface area contributed by atoms with Gasteiger partial charge in [0.2, 0.25) is 0 Å². The summed E-state index contributed by atoms with van der Waals surface area (Å²) < 4.78 is 5.44. The number of benzene rings is 2. The molecule has 1 amide bonds. The van der Waals surface area contributed by atoms with Gasteiger partial charge in [0.1, 0.15) is 12.3 Å². The first kappa shape index (κ1) is 15.5. The van der Waals surface area contributed by atoms with Crippen LogP contribution in [-0.4, -0.2) is 24.2 Å². The third-order valence-electron chi connectivity index (χ3n) is 3.72. The summed E-state index contributed by atoms with van der Waals surface area (Å²) in [6.45, 7) is 4.84. The molecule has 0 unspecified atom stereocenters. The fourth-order valence-corrected chi connectivity index (χ4v) is 2.92. The van der Waals surface area contributed by atoms with E-state index in [9.17, 15) is 4.79 Å². The quantitative estimate of drug-likeness (QED) is 0.805. The standard InChI is InChI=1S/C18H18N2O2S/c1-3-22-16-10-8-14(9-11-16)19-12-17(21)20(18(19)23)15-6-4-13(2)5-7-15/h4-11H,3,12H2,1-2H3. The Balaban J connectivity index is 1.84. The van der Waals surface area contributed by atoms with E-state index in [0.29, 0.717) is 11.7 Å². The zero-order valence-electron chi connectivity index (χ0n) is 13.2. The second-order valence-electron chi connectivity index (χ2n) is 5.36. The van der Waals surface area contributed by atoms with E-state index in [1.54, 1.807) is 4.90 Å². The molecule has 1 aliphatic rings. The highest BCUT2D eigenvalue weighted by Crippen LogP contribution is 2.27. The maximum atomic E-state index is 12.4. The van der Waals surface area contributed by atoms with Gasteiger partial charge in [-0.25, -0.2) is 0 Å². The molecule has 4 nitrogen and oxygen atoms in total. The maximum absolute atomic E-state index is 12.4. The summed E-state index contributed by atoms with van der Waals surface area (Å²) in [5.41, 5.74) is 2.84. The van der Waals surface area contributed by atoms with Crippen LogP contribution >= 0.6 is 12.2 Å². The van der Waals surface area contributed by atoms with Gasteiger partial charge < -0.3 is 9.64 Å². The second-order valence-corrected chi connectivity index (χ2v) is 5.73. The van der Waals surface area contributed by atoms with Crippen molar-refractivity contribution in [3.8, 4) is 5.75 Å². The lowest BCUT2D eigenvalue weighted by Gasteiger charge is -2.20. The van der Waals surface area contributed by atoms with Crippen molar-refractivity contribution in [3.63, 3.8) is 0 Å². The van der Waals surface area contributed by atoms with E-state index in [1.807, 2.05) is 67.3 Å². The van der Waals surface area contributed by atoms with Crippen LogP contribution in [0.2, 0.25) is 0 Å². The van der Waals surface area contributed by atoms with Gasteiger partial charge in [0.15, 0.2) is 5.11 Å². The number of thiocarbonyl (C=S) groups is 1. The average Bonchev–Trinajstić information content (AvgIpc) is 2.84. The van der Waals surface area contributed by atoms with Gasteiger partial charge in [-0.05, 0) is 62.5 Å². The van der Waals surface area contributed by atoms with Crippen molar-refractivity contribution >= 4 is 34.6 Å². The highest BCUT2D eigenvalue weighted by molar-refractivity contribution is 7.81. The Morgan fingerprint density at radius 2 is 1.65 bits per heavy atom. The van der Waals surface area contributed by atoms with E-state index in [2.05, 4.69) is 0 Å². The Hall–Kier alpha value is -2.40. The van der Waals surface area contributed by atoms with Gasteiger partial charge in [0.25, 0.3) is 5.91 Å². The molecule has 1 heterocycles. The van der Waals surface area contributed by atoms with E-state index in [4.69, 9.17) is 17.0 Å². The number of hydrogen-bond donors (Lipinski definition) is 0. The number of carbonyl (C=O) groups is 1. The number of anilines is 2. The van der Waals surface area contributed by atoms with E-state index in [1.165, 1.54) is 0 Å². The van der Waals surface area contributed by atoms with Gasteiger partial charge in [-0.1, -0.05) is 17.7 Å². The molecule has 0 saturated carbocycles. The molecule has 3 rings (SSSR count). The third kappa shape index (κ3) is 3.05. The fourth-order valence-electron chi connectivity index (χ4n) is 2.54. The van der Waals surface area contributed by atoms with Crippen LogP contribution in [0.1, 0.15) is 12.5 Å². The van der Waals surface area contributed by atoms with Crippen LogP contribution in [0.5, 0.6) is 5.75 Å². The number of aryl methyl sites for hydroxylation is 1. The Labute approximate surface area is 141 Å². The molecule has 1 aliphatic heterocycles. The lowest BCUT2D eigenvalue weighted by Crippen LogP contribution is -2.32. The molecule has 118 valence electrons. The second kappa shape index (κ2) is 6.38. The minimum Gasteiger partial charge on any atom is -0.494 e. The predicted octanol–water partition coefficient (Wildman–Crippen LogP) is 3.53. The summed E-state index contributed by atoms with van der Waals surface area (Å²) in [6.07, 6.45) is 0. The van der Waals surface area contributed by atoms with Crippen LogP contribution in [-0.2, 0) is 4.79 Å². The van der Waals surface area contributed by atoms with Crippen LogP contribution in [0.25, 0.3) is 0 Å². The normalized spacial score (nSPS) is 14.5. The number of carbonyl (C=O) groups excluding carboxylic acids is 1. The molecule has 0 radical (unpaired) electrons. The van der Waals surface area contributed by atoms with Crippen LogP contribution in [0.4, 0.5) is 11.4 Å². The van der Waals surface area contributed by atoms with Crippen molar-refractivity contribution in [3.05, 3.63) is 54.1 Å². The number of rotatable bonds is 4. The summed E-state index contributed by atoms with van der Waals surface area (Å²) in [7, 11) is 0. The zero-order chi connectivity index (χ0) is 16.4. The topological polar surface area (TPSA) is 32.8 Å². The Kier molecular flexibility index (Phi) is 4.30. The first-order chi connectivity index (χ1) is 11.1. The zero-order valence-corrected chi connectivity index (χ0v) is 14.0. The lowest BCUT2D eigenvalue weighted by molar-refractivity contribution is -0.115. The summed E-state index contributed by atoms with van der Waals surface area (Å²) in [4.78, 5) is 15.8. The van der Waals surface area contributed by atoms with Gasteiger partial charge in [-0.2, -0.15) is 0 Å². The minimum absolute atomic E-state index is 0.0206. The van der Waals surface area contributed by atoms with Crippen molar-refractivity contribution in [2.45, 2.75) is 13.8 Å². The van der Waals surface area contributed by atoms with Crippen molar-refractivity contribution in [1.29, 1.82) is 0 Å². The molecule has 2 aromatic rings. The fraction of sp³-hybridized carbons (Fsp3) is 0.222.